The van der Waals surface area contributed by atoms with Crippen molar-refractivity contribution in [1.82, 2.24) is 4.98 Å². The molecule has 0 bridgehead atoms. The zero-order chi connectivity index (χ0) is 34.7. The van der Waals surface area contributed by atoms with Gasteiger partial charge in [-0.15, -0.1) is 0 Å². The Hall–Kier alpha value is -6.45. The minimum Gasteiger partial charge on any atom is -0.248 e. The van der Waals surface area contributed by atoms with Crippen LogP contribution >= 0.6 is 0 Å². The summed E-state index contributed by atoms with van der Waals surface area (Å²) < 4.78 is 0. The second kappa shape index (κ2) is 13.8. The average molecular weight is 656 g/mol. The number of aliphatic imine (C=N–C) groups is 2. The van der Waals surface area contributed by atoms with Crippen molar-refractivity contribution in [3.63, 3.8) is 0 Å². The maximum absolute atomic E-state index is 5.30. The van der Waals surface area contributed by atoms with Gasteiger partial charge in [0, 0.05) is 34.8 Å². The molecule has 1 aliphatic carbocycles. The molecule has 3 heteroatoms. The van der Waals surface area contributed by atoms with Crippen LogP contribution in [0.5, 0.6) is 0 Å². The molecule has 0 fully saturated rings. The number of pyridine rings is 1. The van der Waals surface area contributed by atoms with Crippen LogP contribution in [0.4, 0.5) is 5.82 Å². The molecule has 0 unspecified atom stereocenters. The Morgan fingerprint density at radius 2 is 1.24 bits per heavy atom. The molecule has 7 aromatic rings. The van der Waals surface area contributed by atoms with Crippen LogP contribution in [0.15, 0.2) is 181 Å². The van der Waals surface area contributed by atoms with Crippen molar-refractivity contribution >= 4 is 66.4 Å². The zero-order valence-electron chi connectivity index (χ0n) is 28.8. The largest absolute Gasteiger partial charge is 0.248 e. The highest BCUT2D eigenvalue weighted by Crippen LogP contribution is 2.40. The summed E-state index contributed by atoms with van der Waals surface area (Å²) in [6.07, 6.45) is 11.5. The zero-order valence-corrected chi connectivity index (χ0v) is 28.8. The standard InChI is InChI=1S/C48H37N3/c1-32(35-16-6-4-7-17-35)30-45(50-34(3)36-18-8-5-9-19-36)47-43-24-14-12-22-41(43)46(42-23-13-15-25-44(42)47)37-26-28-39(29-27-37)51-48-33(2)40-21-11-10-20-38(40)31-49-48/h4-28,30-31H,3,29H2,1-2H3/b32-30+,50-45?,51-39-. The number of hydrogen-bond acceptors (Lipinski definition) is 3. The Balaban J connectivity index is 1.28. The van der Waals surface area contributed by atoms with Crippen LogP contribution in [-0.2, 0) is 0 Å². The first-order chi connectivity index (χ1) is 25.0. The number of aryl methyl sites for hydroxylation is 1. The van der Waals surface area contributed by atoms with E-state index in [4.69, 9.17) is 15.0 Å². The molecule has 0 radical (unpaired) electrons. The van der Waals surface area contributed by atoms with E-state index in [2.05, 4.69) is 148 Å². The van der Waals surface area contributed by atoms with Crippen LogP contribution < -0.4 is 0 Å². The first kappa shape index (κ1) is 31.8. The maximum atomic E-state index is 5.30. The molecule has 1 aromatic heterocycles. The van der Waals surface area contributed by atoms with Crippen molar-refractivity contribution in [2.24, 2.45) is 9.98 Å². The highest BCUT2D eigenvalue weighted by Gasteiger charge is 2.20. The van der Waals surface area contributed by atoms with Gasteiger partial charge < -0.3 is 0 Å². The van der Waals surface area contributed by atoms with Crippen molar-refractivity contribution < 1.29 is 0 Å². The van der Waals surface area contributed by atoms with Crippen LogP contribution in [0.1, 0.15) is 41.2 Å². The van der Waals surface area contributed by atoms with Crippen LogP contribution in [0.3, 0.4) is 0 Å². The molecular weight excluding hydrogens is 619 g/mol. The van der Waals surface area contributed by atoms with Crippen molar-refractivity contribution in [2.75, 3.05) is 0 Å². The number of fused-ring (bicyclic) bond motifs is 3. The molecule has 0 atom stereocenters. The van der Waals surface area contributed by atoms with Gasteiger partial charge in [0.25, 0.3) is 0 Å². The van der Waals surface area contributed by atoms with Crippen LogP contribution in [0.2, 0.25) is 0 Å². The molecule has 1 heterocycles. The van der Waals surface area contributed by atoms with E-state index in [1.54, 1.807) is 0 Å². The Kier molecular flexibility index (Phi) is 8.61. The minimum atomic E-state index is 0.715. The van der Waals surface area contributed by atoms with Crippen molar-refractivity contribution in [3.05, 3.63) is 198 Å². The Morgan fingerprint density at radius 3 is 1.86 bits per heavy atom. The fraction of sp³-hybridized carbons (Fsp3) is 0.0625. The Bertz CT molecular complexity index is 2560. The maximum Gasteiger partial charge on any atom is 0.155 e. The first-order valence-electron chi connectivity index (χ1n) is 17.4. The number of rotatable bonds is 7. The molecule has 8 rings (SSSR count). The lowest BCUT2D eigenvalue weighted by atomic mass is 9.85. The Labute approximate surface area is 299 Å². The summed E-state index contributed by atoms with van der Waals surface area (Å²) >= 11 is 0. The van der Waals surface area contributed by atoms with E-state index < -0.39 is 0 Å². The second-order valence-electron chi connectivity index (χ2n) is 12.9. The normalized spacial score (nSPS) is 14.4. The Morgan fingerprint density at radius 1 is 0.667 bits per heavy atom. The number of hydrogen-bond donors (Lipinski definition) is 0. The van der Waals surface area contributed by atoms with E-state index in [0.29, 0.717) is 6.42 Å². The second-order valence-corrected chi connectivity index (χ2v) is 12.9. The summed E-state index contributed by atoms with van der Waals surface area (Å²) in [5.74, 6) is 0.771. The smallest absolute Gasteiger partial charge is 0.155 e. The van der Waals surface area contributed by atoms with Gasteiger partial charge in [0.2, 0.25) is 0 Å². The van der Waals surface area contributed by atoms with Crippen molar-refractivity contribution in [1.29, 1.82) is 0 Å². The van der Waals surface area contributed by atoms with Crippen molar-refractivity contribution in [2.45, 2.75) is 20.3 Å². The van der Waals surface area contributed by atoms with E-state index in [9.17, 15) is 0 Å². The molecule has 0 N–H and O–H groups in total. The number of benzene rings is 6. The predicted octanol–water partition coefficient (Wildman–Crippen LogP) is 12.5. The van der Waals surface area contributed by atoms with Gasteiger partial charge in [-0.05, 0) is 80.8 Å². The predicted molar refractivity (Wildman–Crippen MR) is 219 cm³/mol. The van der Waals surface area contributed by atoms with Gasteiger partial charge in [-0.2, -0.15) is 0 Å². The third-order valence-electron chi connectivity index (χ3n) is 9.68. The lowest BCUT2D eigenvalue weighted by molar-refractivity contribution is 1.24. The first-order valence-corrected chi connectivity index (χ1v) is 17.4. The summed E-state index contributed by atoms with van der Waals surface area (Å²) in [4.78, 5) is 15.0. The molecule has 0 aliphatic heterocycles. The van der Waals surface area contributed by atoms with Gasteiger partial charge in [-0.1, -0.05) is 152 Å². The molecular formula is C48H37N3. The molecule has 1 aliphatic rings. The molecule has 0 spiro atoms. The highest BCUT2D eigenvalue weighted by atomic mass is 14.9. The van der Waals surface area contributed by atoms with Gasteiger partial charge >= 0.3 is 0 Å². The lowest BCUT2D eigenvalue weighted by Crippen LogP contribution is -2.05. The number of nitrogens with zero attached hydrogens (tertiary/aromatic N) is 3. The number of aromatic nitrogens is 1. The van der Waals surface area contributed by atoms with Gasteiger partial charge in [-0.25, -0.2) is 15.0 Å². The molecule has 6 aromatic carbocycles. The molecule has 244 valence electrons. The highest BCUT2D eigenvalue weighted by molar-refractivity contribution is 6.29. The molecule has 0 amide bonds. The summed E-state index contributed by atoms with van der Waals surface area (Å²) in [5, 5.41) is 6.97. The molecule has 0 saturated heterocycles. The van der Waals surface area contributed by atoms with Gasteiger partial charge in [-0.3, -0.25) is 0 Å². The average Bonchev–Trinajstić information content (AvgIpc) is 3.19. The number of allylic oxidation sites excluding steroid dienone is 6. The summed E-state index contributed by atoms with van der Waals surface area (Å²) in [6.45, 7) is 8.68. The molecule has 51 heavy (non-hydrogen) atoms. The van der Waals surface area contributed by atoms with E-state index in [0.717, 1.165) is 66.9 Å². The van der Waals surface area contributed by atoms with Gasteiger partial charge in [0.1, 0.15) is 0 Å². The van der Waals surface area contributed by atoms with E-state index in [1.165, 1.54) is 27.3 Å². The van der Waals surface area contributed by atoms with E-state index >= 15 is 0 Å². The summed E-state index contributed by atoms with van der Waals surface area (Å²) in [6, 6.07) is 46.5. The molecule has 0 saturated carbocycles. The fourth-order valence-electron chi connectivity index (χ4n) is 7.06. The SMILES string of the molecule is C=C(N=C(/C=C(\C)c1ccccc1)c1c2ccccc2c(C2=CC/C(=N\c3ncc4ccccc4c3C)C=C2)c2ccccc12)c1ccccc1. The van der Waals surface area contributed by atoms with Gasteiger partial charge in [0.05, 0.1) is 11.4 Å². The third-order valence-corrected chi connectivity index (χ3v) is 9.68. The van der Waals surface area contributed by atoms with Crippen LogP contribution in [0.25, 0.3) is 49.2 Å². The third kappa shape index (κ3) is 6.26. The lowest BCUT2D eigenvalue weighted by Gasteiger charge is -2.20. The van der Waals surface area contributed by atoms with Crippen LogP contribution in [-0.4, -0.2) is 16.4 Å². The molecule has 3 nitrogen and oxygen atoms in total. The monoisotopic (exact) mass is 655 g/mol. The van der Waals surface area contributed by atoms with Crippen LogP contribution in [0, 0.1) is 6.92 Å². The minimum absolute atomic E-state index is 0.715. The quantitative estimate of drug-likeness (QED) is 0.124. The topological polar surface area (TPSA) is 37.6 Å². The fourth-order valence-corrected chi connectivity index (χ4v) is 7.06. The van der Waals surface area contributed by atoms with Gasteiger partial charge in [0.15, 0.2) is 5.82 Å². The van der Waals surface area contributed by atoms with E-state index in [-0.39, 0.29) is 0 Å². The van der Waals surface area contributed by atoms with E-state index in [1.807, 2.05) is 36.5 Å². The summed E-state index contributed by atoms with van der Waals surface area (Å²) in [5.41, 5.74) is 10.5. The summed E-state index contributed by atoms with van der Waals surface area (Å²) in [7, 11) is 0. The van der Waals surface area contributed by atoms with Crippen molar-refractivity contribution in [3.8, 4) is 0 Å².